The van der Waals surface area contributed by atoms with E-state index in [0.29, 0.717) is 23.8 Å². The Bertz CT molecular complexity index is 1860. The van der Waals surface area contributed by atoms with Gasteiger partial charge < -0.3 is 33.9 Å². The molecule has 2 aliphatic heterocycles. The summed E-state index contributed by atoms with van der Waals surface area (Å²) < 4.78 is 30.4. The molecule has 2 aliphatic rings. The van der Waals surface area contributed by atoms with Gasteiger partial charge in [-0.25, -0.2) is 9.59 Å². The van der Waals surface area contributed by atoms with Crippen LogP contribution in [-0.2, 0) is 29.3 Å². The summed E-state index contributed by atoms with van der Waals surface area (Å²) in [6, 6.07) is 42.5. The Hall–Kier alpha value is -6.00. The fourth-order valence-corrected chi connectivity index (χ4v) is 6.41. The van der Waals surface area contributed by atoms with Crippen LogP contribution in [0, 0.1) is 0 Å². The number of amides is 1. The van der Waals surface area contributed by atoms with E-state index in [1.54, 1.807) is 12.1 Å². The Morgan fingerprint density at radius 1 is 0.660 bits per heavy atom. The van der Waals surface area contributed by atoms with Gasteiger partial charge in [-0.05, 0) is 41.0 Å². The number of piperazine rings is 1. The molecule has 2 saturated heterocycles. The fraction of sp³-hybridized carbons (Fsp3) is 0.256. The van der Waals surface area contributed by atoms with Crippen LogP contribution in [0.25, 0.3) is 0 Å². The maximum atomic E-state index is 13.7. The van der Waals surface area contributed by atoms with Crippen molar-refractivity contribution in [2.24, 2.45) is 0 Å². The van der Waals surface area contributed by atoms with Gasteiger partial charge in [-0.15, -0.1) is 0 Å². The number of carbonyl (C=O) groups excluding carboxylic acids is 2. The van der Waals surface area contributed by atoms with Crippen molar-refractivity contribution in [1.29, 1.82) is 0 Å². The van der Waals surface area contributed by atoms with Gasteiger partial charge in [0.2, 0.25) is 5.75 Å². The first kappa shape index (κ1) is 35.4. The number of alkyl carbamates (subject to hydrolysis) is 1. The molecule has 5 aromatic rings. The van der Waals surface area contributed by atoms with Gasteiger partial charge in [0.25, 0.3) is 0 Å². The third-order valence-electron chi connectivity index (χ3n) is 9.29. The van der Waals surface area contributed by atoms with Gasteiger partial charge in [-0.1, -0.05) is 109 Å². The minimum absolute atomic E-state index is 0.112. The van der Waals surface area contributed by atoms with Crippen LogP contribution in [0.4, 0.5) is 10.5 Å². The monoisotopic (exact) mass is 713 g/mol. The first-order valence-corrected chi connectivity index (χ1v) is 17.9. The molecule has 53 heavy (non-hydrogen) atoms. The zero-order chi connectivity index (χ0) is 36.2. The molecule has 1 amide bonds. The molecule has 0 aromatic heterocycles. The predicted molar refractivity (Wildman–Crippen MR) is 201 cm³/mol. The number of nitrogens with one attached hydrogen (secondary N) is 1. The third-order valence-corrected chi connectivity index (χ3v) is 9.29. The third kappa shape index (κ3) is 9.66. The van der Waals surface area contributed by atoms with E-state index >= 15 is 0 Å². The molecule has 272 valence electrons. The van der Waals surface area contributed by atoms with Crippen LogP contribution in [0.5, 0.6) is 17.2 Å². The Morgan fingerprint density at radius 3 is 1.68 bits per heavy atom. The van der Waals surface area contributed by atoms with E-state index in [2.05, 4.69) is 27.2 Å². The van der Waals surface area contributed by atoms with E-state index in [-0.39, 0.29) is 38.0 Å². The second kappa shape index (κ2) is 17.5. The molecule has 2 atom stereocenters. The summed E-state index contributed by atoms with van der Waals surface area (Å²) in [6.07, 6.45) is -1.17. The van der Waals surface area contributed by atoms with Crippen LogP contribution in [0.3, 0.4) is 0 Å². The number of ether oxygens (including phenoxy) is 5. The van der Waals surface area contributed by atoms with Gasteiger partial charge >= 0.3 is 12.1 Å². The molecule has 0 radical (unpaired) electrons. The van der Waals surface area contributed by atoms with E-state index in [4.69, 9.17) is 23.7 Å². The molecule has 2 fully saturated rings. The summed E-state index contributed by atoms with van der Waals surface area (Å²) in [5.41, 5.74) is 4.28. The van der Waals surface area contributed by atoms with Gasteiger partial charge in [-0.3, -0.25) is 4.90 Å². The van der Waals surface area contributed by atoms with E-state index in [0.717, 1.165) is 42.9 Å². The van der Waals surface area contributed by atoms with Crippen molar-refractivity contribution in [3.05, 3.63) is 156 Å². The van der Waals surface area contributed by atoms with Crippen LogP contribution < -0.4 is 24.4 Å². The highest BCUT2D eigenvalue weighted by molar-refractivity contribution is 5.91. The molecule has 0 saturated carbocycles. The number of esters is 1. The lowest BCUT2D eigenvalue weighted by Gasteiger charge is -2.37. The number of anilines is 1. The maximum Gasteiger partial charge on any atom is 0.408 e. The number of cyclic esters (lactones) is 1. The molecule has 1 N–H and O–H groups in total. The van der Waals surface area contributed by atoms with E-state index in [1.165, 1.54) is 5.69 Å². The number of hydrogen-bond donors (Lipinski definition) is 1. The second-order valence-corrected chi connectivity index (χ2v) is 13.0. The number of rotatable bonds is 15. The molecule has 0 spiro atoms. The van der Waals surface area contributed by atoms with E-state index < -0.39 is 18.2 Å². The standard InChI is InChI=1S/C43H43N3O7/c47-42(52-31-40-37(44-43(48)53-40)27-45-21-23-46(24-22-45)36-19-11-4-12-20-36)35-25-38(49-28-32-13-5-1-6-14-32)41(51-30-34-17-9-3-10-18-34)39(26-35)50-29-33-15-7-2-8-16-33/h1-20,25-26,37,40H,21-24,27-31H2,(H,44,48)/t37-,40-/m1/s1. The van der Waals surface area contributed by atoms with Crippen molar-refractivity contribution in [3.63, 3.8) is 0 Å². The van der Waals surface area contributed by atoms with Gasteiger partial charge in [0.1, 0.15) is 26.4 Å². The number of nitrogens with zero attached hydrogens (tertiary/aromatic N) is 2. The quantitative estimate of drug-likeness (QED) is 0.117. The molecule has 0 aliphatic carbocycles. The molecular weight excluding hydrogens is 670 g/mol. The molecule has 10 nitrogen and oxygen atoms in total. The number of hydrogen-bond acceptors (Lipinski definition) is 9. The van der Waals surface area contributed by atoms with Gasteiger partial charge in [0.05, 0.1) is 11.6 Å². The number of para-hydroxylation sites is 1. The summed E-state index contributed by atoms with van der Waals surface area (Å²) >= 11 is 0. The lowest BCUT2D eigenvalue weighted by molar-refractivity contribution is 0.0227. The van der Waals surface area contributed by atoms with Gasteiger partial charge in [0, 0.05) is 38.4 Å². The average molecular weight is 714 g/mol. The lowest BCUT2D eigenvalue weighted by atomic mass is 10.1. The van der Waals surface area contributed by atoms with Gasteiger partial charge in [-0.2, -0.15) is 0 Å². The van der Waals surface area contributed by atoms with Crippen LogP contribution in [0.1, 0.15) is 27.0 Å². The topological polar surface area (TPSA) is 98.8 Å². The fourth-order valence-electron chi connectivity index (χ4n) is 6.41. The summed E-state index contributed by atoms with van der Waals surface area (Å²) in [5, 5.41) is 2.91. The zero-order valence-electron chi connectivity index (χ0n) is 29.5. The Labute approximate surface area is 309 Å². The van der Waals surface area contributed by atoms with E-state index in [9.17, 15) is 9.59 Å². The van der Waals surface area contributed by atoms with Crippen LogP contribution >= 0.6 is 0 Å². The van der Waals surface area contributed by atoms with Crippen molar-refractivity contribution in [1.82, 2.24) is 10.2 Å². The first-order chi connectivity index (χ1) is 26.1. The molecular formula is C43H43N3O7. The highest BCUT2D eigenvalue weighted by atomic mass is 16.6. The summed E-state index contributed by atoms with van der Waals surface area (Å²) in [7, 11) is 0. The lowest BCUT2D eigenvalue weighted by Crippen LogP contribution is -2.52. The molecule has 0 bridgehead atoms. The normalized spacial score (nSPS) is 17.1. The second-order valence-electron chi connectivity index (χ2n) is 13.0. The zero-order valence-corrected chi connectivity index (χ0v) is 29.5. The highest BCUT2D eigenvalue weighted by Gasteiger charge is 2.37. The summed E-state index contributed by atoms with van der Waals surface area (Å²) in [5.74, 6) is 0.443. The minimum atomic E-state index is -0.644. The molecule has 10 heteroatoms. The van der Waals surface area contributed by atoms with Crippen LogP contribution in [0.2, 0.25) is 0 Å². The largest absolute Gasteiger partial charge is 0.485 e. The van der Waals surface area contributed by atoms with Crippen molar-refractivity contribution < 1.29 is 33.3 Å². The Balaban J connectivity index is 1.07. The maximum absolute atomic E-state index is 13.7. The van der Waals surface area contributed by atoms with Crippen molar-refractivity contribution in [2.75, 3.05) is 44.2 Å². The van der Waals surface area contributed by atoms with E-state index in [1.807, 2.05) is 109 Å². The summed E-state index contributed by atoms with van der Waals surface area (Å²) in [4.78, 5) is 30.8. The molecule has 2 heterocycles. The smallest absolute Gasteiger partial charge is 0.408 e. The SMILES string of the molecule is O=C1N[C@H](CN2CCN(c3ccccc3)CC2)[C@@H](COC(=O)c2cc(OCc3ccccc3)c(OCc3ccccc3)c(OCc3ccccc3)c2)O1. The van der Waals surface area contributed by atoms with Crippen LogP contribution in [0.15, 0.2) is 133 Å². The number of benzene rings is 5. The summed E-state index contributed by atoms with van der Waals surface area (Å²) in [6.45, 7) is 4.64. The molecule has 7 rings (SSSR count). The molecule has 5 aromatic carbocycles. The predicted octanol–water partition coefficient (Wildman–Crippen LogP) is 6.88. The van der Waals surface area contributed by atoms with Crippen molar-refractivity contribution in [2.45, 2.75) is 32.0 Å². The minimum Gasteiger partial charge on any atom is -0.485 e. The van der Waals surface area contributed by atoms with Crippen molar-refractivity contribution in [3.8, 4) is 17.2 Å². The van der Waals surface area contributed by atoms with Crippen molar-refractivity contribution >= 4 is 17.7 Å². The Morgan fingerprint density at radius 2 is 1.15 bits per heavy atom. The van der Waals surface area contributed by atoms with Gasteiger partial charge in [0.15, 0.2) is 17.6 Å². The number of carbonyl (C=O) groups is 2. The highest BCUT2D eigenvalue weighted by Crippen LogP contribution is 2.41. The first-order valence-electron chi connectivity index (χ1n) is 17.9. The Kier molecular flexibility index (Phi) is 11.7. The average Bonchev–Trinajstić information content (AvgIpc) is 3.57. The van der Waals surface area contributed by atoms with Crippen LogP contribution in [-0.4, -0.2) is 68.4 Å². The molecule has 0 unspecified atom stereocenters.